The number of nitrogens with zero attached hydrogens (tertiary/aromatic N) is 4. The highest BCUT2D eigenvalue weighted by atomic mass is 16.3. The average Bonchev–Trinajstić information content (AvgIpc) is 4.17. The number of fused-ring (bicyclic) bond motifs is 12. The Hall–Kier alpha value is -9.52. The zero-order valence-electron chi connectivity index (χ0n) is 37.5. The van der Waals surface area contributed by atoms with Gasteiger partial charge in [0.1, 0.15) is 22.3 Å². The number of para-hydroxylation sites is 3. The van der Waals surface area contributed by atoms with Crippen molar-refractivity contribution < 1.29 is 8.83 Å². The monoisotopic (exact) mass is 894 g/mol. The molecule has 6 nitrogen and oxygen atoms in total. The van der Waals surface area contributed by atoms with Gasteiger partial charge in [0.25, 0.3) is 0 Å². The molecule has 0 bridgehead atoms. The summed E-state index contributed by atoms with van der Waals surface area (Å²) in [5, 5.41) is 9.11. The van der Waals surface area contributed by atoms with E-state index in [-0.39, 0.29) is 0 Å². The van der Waals surface area contributed by atoms with Crippen LogP contribution < -0.4 is 0 Å². The molecule has 0 saturated heterocycles. The molecule has 0 amide bonds. The van der Waals surface area contributed by atoms with Gasteiger partial charge in [0.2, 0.25) is 0 Å². The van der Waals surface area contributed by atoms with Gasteiger partial charge >= 0.3 is 0 Å². The molecule has 6 heteroatoms. The Balaban J connectivity index is 0.940. The van der Waals surface area contributed by atoms with Crippen LogP contribution in [0.5, 0.6) is 0 Å². The third-order valence-corrected chi connectivity index (χ3v) is 14.1. The van der Waals surface area contributed by atoms with Gasteiger partial charge in [0.05, 0.1) is 33.5 Å². The predicted molar refractivity (Wildman–Crippen MR) is 287 cm³/mol. The summed E-state index contributed by atoms with van der Waals surface area (Å²) in [7, 11) is 0. The molecule has 70 heavy (non-hydrogen) atoms. The fourth-order valence-corrected chi connectivity index (χ4v) is 10.8. The quantitative estimate of drug-likeness (QED) is 0.167. The Morgan fingerprint density at radius 1 is 0.257 bits per heavy atom. The molecule has 326 valence electrons. The summed E-state index contributed by atoms with van der Waals surface area (Å²) in [6, 6.07) is 81.5. The first-order valence-corrected chi connectivity index (χ1v) is 23.6. The SMILES string of the molecule is c1ccc(-c2cc(-c3cccc(-n4c5ccc(-c6ccc7c(c6)c6cc8c(cc6n7-c6ccccc6)oc6ccccc68)cc5c5cc6c(cc54)oc4ccccc46)c3)nc(-c3ccccc3)n2)cc1. The molecule has 0 radical (unpaired) electrons. The average molecular weight is 895 g/mol. The molecule has 0 aliphatic rings. The zero-order chi connectivity index (χ0) is 45.9. The predicted octanol–water partition coefficient (Wildman–Crippen LogP) is 17.1. The number of rotatable bonds is 6. The van der Waals surface area contributed by atoms with Gasteiger partial charge in [-0.3, -0.25) is 0 Å². The Morgan fingerprint density at radius 3 is 1.30 bits per heavy atom. The Bertz CT molecular complexity index is 4520. The molecule has 5 aromatic heterocycles. The van der Waals surface area contributed by atoms with Crippen LogP contribution in [0.2, 0.25) is 0 Å². The summed E-state index contributed by atoms with van der Waals surface area (Å²) >= 11 is 0. The lowest BCUT2D eigenvalue weighted by Gasteiger charge is -2.12. The van der Waals surface area contributed by atoms with E-state index in [9.17, 15) is 0 Å². The van der Waals surface area contributed by atoms with Crippen LogP contribution in [0, 0.1) is 0 Å². The second-order valence-corrected chi connectivity index (χ2v) is 18.1. The minimum atomic E-state index is 0.685. The van der Waals surface area contributed by atoms with E-state index in [0.29, 0.717) is 5.82 Å². The van der Waals surface area contributed by atoms with E-state index in [1.54, 1.807) is 0 Å². The molecular weight excluding hydrogens is 857 g/mol. The van der Waals surface area contributed by atoms with Gasteiger partial charge < -0.3 is 18.0 Å². The second kappa shape index (κ2) is 15.0. The maximum absolute atomic E-state index is 6.56. The van der Waals surface area contributed by atoms with Gasteiger partial charge in [0.15, 0.2) is 5.82 Å². The molecule has 0 saturated carbocycles. The van der Waals surface area contributed by atoms with E-state index in [4.69, 9.17) is 18.8 Å². The Kier molecular flexibility index (Phi) is 8.26. The van der Waals surface area contributed by atoms with E-state index in [2.05, 4.69) is 191 Å². The number of furan rings is 2. The molecule has 15 rings (SSSR count). The van der Waals surface area contributed by atoms with Gasteiger partial charge in [-0.15, -0.1) is 0 Å². The minimum Gasteiger partial charge on any atom is -0.456 e. The van der Waals surface area contributed by atoms with Gasteiger partial charge in [-0.1, -0.05) is 140 Å². The molecule has 0 aliphatic heterocycles. The summed E-state index contributed by atoms with van der Waals surface area (Å²) < 4.78 is 17.7. The lowest BCUT2D eigenvalue weighted by molar-refractivity contribution is 0.669. The molecule has 5 heterocycles. The third kappa shape index (κ3) is 5.93. The van der Waals surface area contributed by atoms with Crippen molar-refractivity contribution in [2.24, 2.45) is 0 Å². The number of benzene rings is 10. The molecular formula is C64H38N4O2. The summed E-state index contributed by atoms with van der Waals surface area (Å²) in [6.45, 7) is 0. The topological polar surface area (TPSA) is 61.9 Å². The van der Waals surface area contributed by atoms with E-state index >= 15 is 0 Å². The maximum atomic E-state index is 6.56. The molecule has 0 aliphatic carbocycles. The number of hydrogen-bond acceptors (Lipinski definition) is 4. The largest absolute Gasteiger partial charge is 0.456 e. The van der Waals surface area contributed by atoms with Crippen molar-refractivity contribution in [3.05, 3.63) is 231 Å². The first-order chi connectivity index (χ1) is 34.7. The number of aromatic nitrogens is 4. The Labute approximate surface area is 400 Å². The second-order valence-electron chi connectivity index (χ2n) is 18.1. The normalized spacial score (nSPS) is 12.0. The van der Waals surface area contributed by atoms with Crippen LogP contribution >= 0.6 is 0 Å². The van der Waals surface area contributed by atoms with Gasteiger partial charge in [-0.25, -0.2) is 9.97 Å². The van der Waals surface area contributed by atoms with Crippen molar-refractivity contribution in [2.45, 2.75) is 0 Å². The van der Waals surface area contributed by atoms with Crippen molar-refractivity contribution in [2.75, 3.05) is 0 Å². The van der Waals surface area contributed by atoms with Crippen LogP contribution in [0.15, 0.2) is 239 Å². The van der Waals surface area contributed by atoms with Gasteiger partial charge in [0, 0.05) is 83.3 Å². The van der Waals surface area contributed by atoms with Crippen molar-refractivity contribution in [1.29, 1.82) is 0 Å². The van der Waals surface area contributed by atoms with Gasteiger partial charge in [-0.2, -0.15) is 0 Å². The lowest BCUT2D eigenvalue weighted by Crippen LogP contribution is -1.98. The highest BCUT2D eigenvalue weighted by Gasteiger charge is 2.21. The number of hydrogen-bond donors (Lipinski definition) is 0. The highest BCUT2D eigenvalue weighted by molar-refractivity contribution is 6.20. The van der Waals surface area contributed by atoms with Gasteiger partial charge in [-0.05, 0) is 90.0 Å². The maximum Gasteiger partial charge on any atom is 0.160 e. The molecule has 0 spiro atoms. The summed E-state index contributed by atoms with van der Waals surface area (Å²) in [6.07, 6.45) is 0. The summed E-state index contributed by atoms with van der Waals surface area (Å²) in [5.74, 6) is 0.685. The third-order valence-electron chi connectivity index (χ3n) is 14.1. The minimum absolute atomic E-state index is 0.685. The lowest BCUT2D eigenvalue weighted by atomic mass is 10.00. The fourth-order valence-electron chi connectivity index (χ4n) is 10.8. The van der Waals surface area contributed by atoms with E-state index in [1.165, 1.54) is 10.8 Å². The molecule has 0 fully saturated rings. The van der Waals surface area contributed by atoms with Crippen molar-refractivity contribution in [1.82, 2.24) is 19.1 Å². The van der Waals surface area contributed by atoms with Crippen molar-refractivity contribution in [3.8, 4) is 56.4 Å². The van der Waals surface area contributed by atoms with E-state index in [0.717, 1.165) is 127 Å². The van der Waals surface area contributed by atoms with E-state index < -0.39 is 0 Å². The first kappa shape index (κ1) is 38.6. The zero-order valence-corrected chi connectivity index (χ0v) is 37.5. The van der Waals surface area contributed by atoms with Crippen LogP contribution in [0.4, 0.5) is 0 Å². The first-order valence-electron chi connectivity index (χ1n) is 23.6. The van der Waals surface area contributed by atoms with Crippen LogP contribution in [-0.2, 0) is 0 Å². The van der Waals surface area contributed by atoms with Crippen molar-refractivity contribution >= 4 is 87.5 Å². The van der Waals surface area contributed by atoms with Crippen LogP contribution in [0.1, 0.15) is 0 Å². The standard InChI is InChI=1S/C64H38N4O2/c1-4-15-39(16-5-1)54-36-55(66-64(65-54)40-17-6-2-7-18-40)43-19-14-22-45(31-43)68-57-30-28-42(33-49(57)51-35-53-47-24-11-13-26-61(47)70-63(53)38-59(51)68)41-27-29-56-48(32-41)50-34-52-46-23-10-12-25-60(46)69-62(52)37-58(50)67(56)44-20-8-3-9-21-44/h1-38H. The smallest absolute Gasteiger partial charge is 0.160 e. The molecule has 10 aromatic carbocycles. The molecule has 0 atom stereocenters. The van der Waals surface area contributed by atoms with Crippen LogP contribution in [0.3, 0.4) is 0 Å². The fraction of sp³-hybridized carbons (Fsp3) is 0. The summed E-state index contributed by atoms with van der Waals surface area (Å²) in [4.78, 5) is 10.3. The molecule has 15 aromatic rings. The highest BCUT2D eigenvalue weighted by Crippen LogP contribution is 2.43. The molecule has 0 N–H and O–H groups in total. The van der Waals surface area contributed by atoms with Crippen molar-refractivity contribution in [3.63, 3.8) is 0 Å². The van der Waals surface area contributed by atoms with Crippen LogP contribution in [0.25, 0.3) is 144 Å². The molecule has 0 unspecified atom stereocenters. The van der Waals surface area contributed by atoms with Crippen LogP contribution in [-0.4, -0.2) is 19.1 Å². The Morgan fingerprint density at radius 2 is 0.714 bits per heavy atom. The summed E-state index contributed by atoms with van der Waals surface area (Å²) in [5.41, 5.74) is 17.0. The van der Waals surface area contributed by atoms with E-state index in [1.807, 2.05) is 48.5 Å².